The van der Waals surface area contributed by atoms with Crippen molar-refractivity contribution in [2.75, 3.05) is 33.4 Å². The molecule has 0 unspecified atom stereocenters. The maximum Gasteiger partial charge on any atom is 0.174 e. The third kappa shape index (κ3) is 22.7. The smallest absolute Gasteiger partial charge is 0.174 e. The van der Waals surface area contributed by atoms with Crippen molar-refractivity contribution in [1.29, 1.82) is 0 Å². The van der Waals surface area contributed by atoms with Gasteiger partial charge in [-0.15, -0.1) is 0 Å². The van der Waals surface area contributed by atoms with E-state index in [0.717, 1.165) is 23.9 Å². The first-order valence-electron chi connectivity index (χ1n) is 12.5. The lowest BCUT2D eigenvalue weighted by molar-refractivity contribution is -0.870. The standard InChI is InChI=1S/C26H52NO2S.ClH/c1-6-7-8-9-10-11-12-13-14-15-16-17-18-19-20-21-23-26(2)30(28,29)25-22-24-27(3,4)5;/h13-14H,2,6-12,15-25H2,1,3-5H3;1H/q+1;/p-1/b14-13-;. The van der Waals surface area contributed by atoms with Crippen molar-refractivity contribution in [1.82, 2.24) is 0 Å². The van der Waals surface area contributed by atoms with E-state index in [9.17, 15) is 8.42 Å². The first kappa shape index (κ1) is 32.9. The third-order valence-corrected chi connectivity index (χ3v) is 7.56. The van der Waals surface area contributed by atoms with Gasteiger partial charge in [0.15, 0.2) is 9.84 Å². The average Bonchev–Trinajstić information content (AvgIpc) is 2.66. The van der Waals surface area contributed by atoms with Crippen molar-refractivity contribution in [2.24, 2.45) is 0 Å². The van der Waals surface area contributed by atoms with Crippen molar-refractivity contribution in [3.8, 4) is 0 Å². The highest BCUT2D eigenvalue weighted by Gasteiger charge is 2.17. The molecule has 0 heterocycles. The molecule has 0 bridgehead atoms. The minimum absolute atomic E-state index is 0. The van der Waals surface area contributed by atoms with Crippen LogP contribution in [0.2, 0.25) is 0 Å². The zero-order valence-corrected chi connectivity index (χ0v) is 22.7. The zero-order valence-electron chi connectivity index (χ0n) is 21.1. The van der Waals surface area contributed by atoms with Crippen LogP contribution in [-0.2, 0) is 9.84 Å². The molecule has 31 heavy (non-hydrogen) atoms. The van der Waals surface area contributed by atoms with Crippen LogP contribution in [0.3, 0.4) is 0 Å². The fourth-order valence-electron chi connectivity index (χ4n) is 3.60. The predicted octanol–water partition coefficient (Wildman–Crippen LogP) is 4.44. The molecule has 0 fully saturated rings. The number of halogens is 1. The summed E-state index contributed by atoms with van der Waals surface area (Å²) in [7, 11) is 3.16. The van der Waals surface area contributed by atoms with Gasteiger partial charge in [0.25, 0.3) is 0 Å². The molecule has 0 aliphatic heterocycles. The zero-order chi connectivity index (χ0) is 22.7. The van der Waals surface area contributed by atoms with E-state index in [0.29, 0.717) is 17.7 Å². The molecule has 0 spiro atoms. The first-order valence-corrected chi connectivity index (χ1v) is 14.2. The number of hydrogen-bond acceptors (Lipinski definition) is 2. The van der Waals surface area contributed by atoms with Crippen LogP contribution < -0.4 is 12.4 Å². The molecule has 0 rings (SSSR count). The number of hydrogen-bond donors (Lipinski definition) is 0. The van der Waals surface area contributed by atoms with Gasteiger partial charge in [0.2, 0.25) is 0 Å². The van der Waals surface area contributed by atoms with Gasteiger partial charge in [0.05, 0.1) is 33.4 Å². The number of sulfone groups is 1. The molecule has 3 nitrogen and oxygen atoms in total. The van der Waals surface area contributed by atoms with Gasteiger partial charge in [-0.2, -0.15) is 0 Å². The van der Waals surface area contributed by atoms with Gasteiger partial charge in [0, 0.05) is 11.3 Å². The molecular weight excluding hydrogens is 426 g/mol. The maximum absolute atomic E-state index is 12.3. The van der Waals surface area contributed by atoms with Crippen molar-refractivity contribution >= 4 is 9.84 Å². The molecular formula is C26H52ClNO2S. The Kier molecular flexibility index (Phi) is 21.5. The number of unbranched alkanes of at least 4 members (excludes halogenated alkanes) is 12. The molecule has 0 aliphatic carbocycles. The molecule has 0 atom stereocenters. The molecule has 0 aromatic heterocycles. The summed E-state index contributed by atoms with van der Waals surface area (Å²) in [6.07, 6.45) is 23.9. The van der Waals surface area contributed by atoms with Gasteiger partial charge in [-0.3, -0.25) is 0 Å². The van der Waals surface area contributed by atoms with Gasteiger partial charge in [0.1, 0.15) is 0 Å². The van der Waals surface area contributed by atoms with Crippen LogP contribution in [0.4, 0.5) is 0 Å². The second-order valence-electron chi connectivity index (χ2n) is 9.91. The molecule has 0 aromatic rings. The van der Waals surface area contributed by atoms with E-state index >= 15 is 0 Å². The van der Waals surface area contributed by atoms with Crippen LogP contribution in [0.5, 0.6) is 0 Å². The van der Waals surface area contributed by atoms with Crippen LogP contribution in [0.1, 0.15) is 110 Å². The van der Waals surface area contributed by atoms with Crippen LogP contribution in [0.15, 0.2) is 23.6 Å². The summed E-state index contributed by atoms with van der Waals surface area (Å²) in [5.41, 5.74) is 0. The Balaban J connectivity index is 0. The Morgan fingerprint density at radius 1 is 0.742 bits per heavy atom. The SMILES string of the molecule is C=C(CCCCCCCC/C=C\CCCCCCCC)S(=O)(=O)CCC[N+](C)(C)C.[Cl-]. The lowest BCUT2D eigenvalue weighted by atomic mass is 10.1. The lowest BCUT2D eigenvalue weighted by Crippen LogP contribution is -3.00. The quantitative estimate of drug-likeness (QED) is 0.139. The Morgan fingerprint density at radius 2 is 1.19 bits per heavy atom. The molecule has 0 aliphatic rings. The molecule has 0 saturated carbocycles. The molecule has 0 amide bonds. The van der Waals surface area contributed by atoms with Crippen molar-refractivity contribution in [3.05, 3.63) is 23.6 Å². The van der Waals surface area contributed by atoms with Crippen LogP contribution in [0, 0.1) is 0 Å². The normalized spacial score (nSPS) is 12.3. The lowest BCUT2D eigenvalue weighted by Gasteiger charge is -2.23. The fraction of sp³-hybridized carbons (Fsp3) is 0.846. The molecule has 0 aromatic carbocycles. The predicted molar refractivity (Wildman–Crippen MR) is 135 cm³/mol. The van der Waals surface area contributed by atoms with E-state index < -0.39 is 9.84 Å². The van der Waals surface area contributed by atoms with Crippen LogP contribution in [0.25, 0.3) is 0 Å². The van der Waals surface area contributed by atoms with Gasteiger partial charge in [-0.05, 0) is 38.5 Å². The molecule has 5 heteroatoms. The van der Waals surface area contributed by atoms with E-state index in [1.165, 1.54) is 77.0 Å². The summed E-state index contributed by atoms with van der Waals surface area (Å²) in [5.74, 6) is 0.244. The second kappa shape index (κ2) is 20.3. The Labute approximate surface area is 201 Å². The van der Waals surface area contributed by atoms with Crippen molar-refractivity contribution in [2.45, 2.75) is 110 Å². The first-order chi connectivity index (χ1) is 14.2. The maximum atomic E-state index is 12.3. The summed E-state index contributed by atoms with van der Waals surface area (Å²) in [6, 6.07) is 0. The monoisotopic (exact) mass is 477 g/mol. The molecule has 0 radical (unpaired) electrons. The van der Waals surface area contributed by atoms with E-state index in [4.69, 9.17) is 0 Å². The van der Waals surface area contributed by atoms with Crippen molar-refractivity contribution in [3.63, 3.8) is 0 Å². The highest BCUT2D eigenvalue weighted by Crippen LogP contribution is 2.17. The minimum atomic E-state index is -3.12. The summed E-state index contributed by atoms with van der Waals surface area (Å²) < 4.78 is 25.4. The van der Waals surface area contributed by atoms with Crippen LogP contribution in [-0.4, -0.2) is 46.3 Å². The number of quaternary nitrogens is 1. The molecule has 186 valence electrons. The number of nitrogens with zero attached hydrogens (tertiary/aromatic N) is 1. The Bertz CT molecular complexity index is 550. The van der Waals surface area contributed by atoms with Crippen LogP contribution >= 0.6 is 0 Å². The fourth-order valence-corrected chi connectivity index (χ4v) is 4.85. The van der Waals surface area contributed by atoms with Gasteiger partial charge in [-0.25, -0.2) is 8.42 Å². The summed E-state index contributed by atoms with van der Waals surface area (Å²) in [4.78, 5) is 0.444. The Hall–Kier alpha value is -0.320. The minimum Gasteiger partial charge on any atom is -1.00 e. The summed E-state index contributed by atoms with van der Waals surface area (Å²) >= 11 is 0. The van der Waals surface area contributed by atoms with E-state index in [1.807, 2.05) is 0 Å². The highest BCUT2D eigenvalue weighted by molar-refractivity contribution is 7.95. The summed E-state index contributed by atoms with van der Waals surface area (Å²) in [5, 5.41) is 0. The van der Waals surface area contributed by atoms with E-state index in [-0.39, 0.29) is 18.2 Å². The van der Waals surface area contributed by atoms with Crippen molar-refractivity contribution < 1.29 is 25.3 Å². The van der Waals surface area contributed by atoms with Gasteiger partial charge in [-0.1, -0.05) is 83.4 Å². The third-order valence-electron chi connectivity index (χ3n) is 5.65. The number of rotatable bonds is 21. The topological polar surface area (TPSA) is 34.1 Å². The van der Waals surface area contributed by atoms with Gasteiger partial charge >= 0.3 is 0 Å². The molecule has 0 N–H and O–H groups in total. The average molecular weight is 478 g/mol. The second-order valence-corrected chi connectivity index (χ2v) is 12.1. The summed E-state index contributed by atoms with van der Waals surface area (Å²) in [6.45, 7) is 6.99. The van der Waals surface area contributed by atoms with Gasteiger partial charge < -0.3 is 16.9 Å². The Morgan fingerprint density at radius 3 is 1.68 bits per heavy atom. The largest absolute Gasteiger partial charge is 1.00 e. The molecule has 0 saturated heterocycles. The van der Waals surface area contributed by atoms with E-state index in [2.05, 4.69) is 46.8 Å². The number of allylic oxidation sites excluding steroid dienone is 3. The van der Waals surface area contributed by atoms with E-state index in [1.54, 1.807) is 0 Å². The highest BCUT2D eigenvalue weighted by atomic mass is 35.5.